The molecule has 0 fully saturated rings. The van der Waals surface area contributed by atoms with Crippen molar-refractivity contribution in [3.05, 3.63) is 35.4 Å². The van der Waals surface area contributed by atoms with E-state index >= 15 is 0 Å². The van der Waals surface area contributed by atoms with Crippen molar-refractivity contribution in [2.75, 3.05) is 11.6 Å². The minimum atomic E-state index is -3.50. The molecule has 1 aromatic carbocycles. The number of sulfone groups is 1. The standard InChI is InChI=1S/C11H11FN4O2S/c1-19(17,18)8-2-3-10(9(12)4-8)16-11(15)7(5-13)6-14/h2-5,13,16H,15H2,1H3/b11-7+,13-5?. The van der Waals surface area contributed by atoms with Gasteiger partial charge in [-0.15, -0.1) is 0 Å². The van der Waals surface area contributed by atoms with E-state index in [1.165, 1.54) is 12.1 Å². The van der Waals surface area contributed by atoms with Crippen LogP contribution in [0.5, 0.6) is 0 Å². The number of hydrogen-bond donors (Lipinski definition) is 3. The smallest absolute Gasteiger partial charge is 0.175 e. The Hall–Kier alpha value is -2.40. The number of allylic oxidation sites excluding steroid dienone is 1. The number of anilines is 1. The van der Waals surface area contributed by atoms with E-state index in [1.54, 1.807) is 6.07 Å². The lowest BCUT2D eigenvalue weighted by Crippen LogP contribution is -2.14. The molecular weight excluding hydrogens is 271 g/mol. The van der Waals surface area contributed by atoms with Gasteiger partial charge in [0.25, 0.3) is 0 Å². The third-order valence-electron chi connectivity index (χ3n) is 2.19. The molecule has 0 bridgehead atoms. The zero-order chi connectivity index (χ0) is 14.6. The number of benzene rings is 1. The summed E-state index contributed by atoms with van der Waals surface area (Å²) in [7, 11) is -3.50. The minimum absolute atomic E-state index is 0.0838. The molecule has 6 nitrogen and oxygen atoms in total. The van der Waals surface area contributed by atoms with Crippen molar-refractivity contribution in [3.8, 4) is 6.07 Å². The summed E-state index contributed by atoms with van der Waals surface area (Å²) in [6, 6.07) is 4.91. The summed E-state index contributed by atoms with van der Waals surface area (Å²) in [6.45, 7) is 0. The van der Waals surface area contributed by atoms with E-state index < -0.39 is 15.7 Å². The second-order valence-corrected chi connectivity index (χ2v) is 5.64. The van der Waals surface area contributed by atoms with Gasteiger partial charge in [-0.25, -0.2) is 12.8 Å². The van der Waals surface area contributed by atoms with Gasteiger partial charge in [0, 0.05) is 12.5 Å². The summed E-state index contributed by atoms with van der Waals surface area (Å²) in [5.74, 6) is -1.02. The van der Waals surface area contributed by atoms with Gasteiger partial charge in [-0.2, -0.15) is 5.26 Å². The lowest BCUT2D eigenvalue weighted by Gasteiger charge is -2.09. The summed E-state index contributed by atoms with van der Waals surface area (Å²) in [4.78, 5) is -0.161. The zero-order valence-corrected chi connectivity index (χ0v) is 10.8. The van der Waals surface area contributed by atoms with Gasteiger partial charge in [-0.3, -0.25) is 0 Å². The van der Waals surface area contributed by atoms with Crippen molar-refractivity contribution in [2.24, 2.45) is 5.73 Å². The predicted molar refractivity (Wildman–Crippen MR) is 68.7 cm³/mol. The van der Waals surface area contributed by atoms with E-state index in [1.807, 2.05) is 0 Å². The molecule has 0 aliphatic carbocycles. The van der Waals surface area contributed by atoms with Crippen LogP contribution in [0.25, 0.3) is 0 Å². The Morgan fingerprint density at radius 2 is 2.21 bits per heavy atom. The fourth-order valence-corrected chi connectivity index (χ4v) is 1.84. The van der Waals surface area contributed by atoms with Gasteiger partial charge in [0.15, 0.2) is 9.84 Å². The van der Waals surface area contributed by atoms with Crippen LogP contribution in [0.1, 0.15) is 0 Å². The number of nitrogens with one attached hydrogen (secondary N) is 2. The van der Waals surface area contributed by atoms with Gasteiger partial charge in [-0.05, 0) is 18.2 Å². The summed E-state index contributed by atoms with van der Waals surface area (Å²) >= 11 is 0. The lowest BCUT2D eigenvalue weighted by molar-refractivity contribution is 0.596. The first-order valence-electron chi connectivity index (χ1n) is 4.96. The summed E-state index contributed by atoms with van der Waals surface area (Å²) in [5, 5.41) is 18.0. The maximum absolute atomic E-state index is 13.7. The molecule has 0 amide bonds. The highest BCUT2D eigenvalue weighted by Gasteiger charge is 2.12. The van der Waals surface area contributed by atoms with E-state index in [0.29, 0.717) is 0 Å². The van der Waals surface area contributed by atoms with Crippen LogP contribution in [-0.4, -0.2) is 20.9 Å². The number of hydrogen-bond acceptors (Lipinski definition) is 6. The van der Waals surface area contributed by atoms with Crippen molar-refractivity contribution >= 4 is 21.7 Å². The average Bonchev–Trinajstić information content (AvgIpc) is 2.32. The van der Waals surface area contributed by atoms with Crippen LogP contribution in [0.4, 0.5) is 10.1 Å². The van der Waals surface area contributed by atoms with Gasteiger partial charge in [0.2, 0.25) is 0 Å². The van der Waals surface area contributed by atoms with Gasteiger partial charge in [-0.1, -0.05) is 0 Å². The number of rotatable bonds is 4. The Kier molecular flexibility index (Phi) is 4.24. The molecule has 0 aromatic heterocycles. The Balaban J connectivity index is 3.17. The quantitative estimate of drug-likeness (QED) is 0.561. The van der Waals surface area contributed by atoms with Gasteiger partial charge < -0.3 is 16.5 Å². The van der Waals surface area contributed by atoms with Crippen molar-refractivity contribution in [2.45, 2.75) is 4.90 Å². The summed E-state index contributed by atoms with van der Waals surface area (Å²) in [5.41, 5.74) is 5.23. The van der Waals surface area contributed by atoms with Crippen molar-refractivity contribution in [1.29, 1.82) is 10.7 Å². The molecule has 0 atom stereocenters. The Bertz CT molecular complexity index is 689. The molecule has 0 radical (unpaired) electrons. The second kappa shape index (κ2) is 5.49. The molecule has 19 heavy (non-hydrogen) atoms. The van der Waals surface area contributed by atoms with Crippen molar-refractivity contribution in [1.82, 2.24) is 0 Å². The maximum Gasteiger partial charge on any atom is 0.175 e. The highest BCUT2D eigenvalue weighted by molar-refractivity contribution is 7.90. The molecule has 0 heterocycles. The molecular formula is C11H11FN4O2S. The van der Waals surface area contributed by atoms with Crippen LogP contribution in [0.15, 0.2) is 34.5 Å². The first kappa shape index (κ1) is 14.7. The van der Waals surface area contributed by atoms with Crippen molar-refractivity contribution in [3.63, 3.8) is 0 Å². The fraction of sp³-hybridized carbons (Fsp3) is 0.0909. The monoisotopic (exact) mass is 282 g/mol. The van der Waals surface area contributed by atoms with Gasteiger partial charge in [0.1, 0.15) is 23.3 Å². The lowest BCUT2D eigenvalue weighted by atomic mass is 10.2. The average molecular weight is 282 g/mol. The molecule has 4 N–H and O–H groups in total. The molecule has 0 saturated carbocycles. The zero-order valence-electron chi connectivity index (χ0n) is 9.94. The van der Waals surface area contributed by atoms with Crippen molar-refractivity contribution < 1.29 is 12.8 Å². The van der Waals surface area contributed by atoms with Crippen LogP contribution in [-0.2, 0) is 9.84 Å². The SMILES string of the molecule is CS(=O)(=O)c1ccc(N/C(N)=C(/C#N)C=N)c(F)c1. The largest absolute Gasteiger partial charge is 0.384 e. The van der Waals surface area contributed by atoms with Crippen LogP contribution >= 0.6 is 0 Å². The first-order valence-corrected chi connectivity index (χ1v) is 6.85. The highest BCUT2D eigenvalue weighted by atomic mass is 32.2. The van der Waals surface area contributed by atoms with E-state index in [2.05, 4.69) is 5.32 Å². The van der Waals surface area contributed by atoms with Crippen LogP contribution in [0, 0.1) is 22.6 Å². The van der Waals surface area contributed by atoms with Gasteiger partial charge >= 0.3 is 0 Å². The van der Waals surface area contributed by atoms with Crippen LogP contribution in [0.3, 0.4) is 0 Å². The molecule has 1 rings (SSSR count). The molecule has 0 aliphatic rings. The Morgan fingerprint density at radius 3 is 2.63 bits per heavy atom. The second-order valence-electron chi connectivity index (χ2n) is 3.62. The minimum Gasteiger partial charge on any atom is -0.384 e. The Morgan fingerprint density at radius 1 is 1.58 bits per heavy atom. The number of nitrogens with two attached hydrogens (primary N) is 1. The molecule has 0 unspecified atom stereocenters. The normalized spacial score (nSPS) is 12.3. The molecule has 1 aromatic rings. The fourth-order valence-electron chi connectivity index (χ4n) is 1.21. The third-order valence-corrected chi connectivity index (χ3v) is 3.30. The predicted octanol–water partition coefficient (Wildman–Crippen LogP) is 0.985. The summed E-state index contributed by atoms with van der Waals surface area (Å²) in [6.07, 6.45) is 1.69. The molecule has 0 aliphatic heterocycles. The maximum atomic E-state index is 13.7. The number of halogens is 1. The third kappa shape index (κ3) is 3.53. The summed E-state index contributed by atoms with van der Waals surface area (Å²) < 4.78 is 36.1. The van der Waals surface area contributed by atoms with Crippen LogP contribution in [0.2, 0.25) is 0 Å². The number of nitriles is 1. The Labute approximate surface area is 109 Å². The van der Waals surface area contributed by atoms with Gasteiger partial charge in [0.05, 0.1) is 10.6 Å². The molecule has 0 saturated heterocycles. The van der Waals surface area contributed by atoms with E-state index in [9.17, 15) is 12.8 Å². The van der Waals surface area contributed by atoms with E-state index in [0.717, 1.165) is 18.5 Å². The van der Waals surface area contributed by atoms with E-state index in [-0.39, 0.29) is 22.0 Å². The topological polar surface area (TPSA) is 120 Å². The van der Waals surface area contributed by atoms with Crippen LogP contribution < -0.4 is 11.1 Å². The van der Waals surface area contributed by atoms with E-state index in [4.69, 9.17) is 16.4 Å². The first-order chi connectivity index (χ1) is 8.79. The highest BCUT2D eigenvalue weighted by Crippen LogP contribution is 2.19. The molecule has 8 heteroatoms. The number of nitrogens with zero attached hydrogens (tertiary/aromatic N) is 1. The molecule has 0 spiro atoms. The molecule has 100 valence electrons.